The third-order valence-corrected chi connectivity index (χ3v) is 9.24. The Morgan fingerprint density at radius 1 is 1.05 bits per heavy atom. The molecule has 0 saturated carbocycles. The summed E-state index contributed by atoms with van der Waals surface area (Å²) in [6, 6.07) is 18.0. The maximum atomic E-state index is 15.0. The zero-order chi connectivity index (χ0) is 30.9. The number of ether oxygens (including phenoxy) is 1. The van der Waals surface area contributed by atoms with Crippen molar-refractivity contribution in [1.29, 1.82) is 0 Å². The van der Waals surface area contributed by atoms with E-state index < -0.39 is 34.6 Å². The van der Waals surface area contributed by atoms with Gasteiger partial charge in [0.05, 0.1) is 35.5 Å². The van der Waals surface area contributed by atoms with Gasteiger partial charge in [-0.2, -0.15) is 0 Å². The van der Waals surface area contributed by atoms with E-state index in [0.29, 0.717) is 16.9 Å². The molecule has 4 heterocycles. The molecule has 2 aliphatic heterocycles. The van der Waals surface area contributed by atoms with E-state index in [2.05, 4.69) is 4.98 Å². The Hall–Kier alpha value is -5.16. The molecule has 0 fully saturated rings. The maximum Gasteiger partial charge on any atom is 0.350 e. The Labute approximate surface area is 254 Å². The zero-order valence-corrected chi connectivity index (χ0v) is 24.7. The molecule has 0 bridgehead atoms. The van der Waals surface area contributed by atoms with Gasteiger partial charge in [0.25, 0.3) is 11.8 Å². The monoisotopic (exact) mass is 609 g/mol. The molecule has 1 atom stereocenters. The lowest BCUT2D eigenvalue weighted by atomic mass is 9.84. The van der Waals surface area contributed by atoms with Crippen molar-refractivity contribution in [2.75, 3.05) is 16.4 Å². The van der Waals surface area contributed by atoms with Crippen LogP contribution in [0.1, 0.15) is 55.1 Å². The highest BCUT2D eigenvalue weighted by Gasteiger charge is 2.66. The molecular weight excluding hydrogens is 585 g/mol. The average Bonchev–Trinajstić information content (AvgIpc) is 3.59. The molecule has 9 nitrogen and oxygen atoms in total. The van der Waals surface area contributed by atoms with Gasteiger partial charge >= 0.3 is 5.97 Å². The van der Waals surface area contributed by atoms with E-state index >= 15 is 4.79 Å². The summed E-state index contributed by atoms with van der Waals surface area (Å²) >= 11 is 0.882. The number of rotatable bonds is 5. The highest BCUT2D eigenvalue weighted by Crippen LogP contribution is 2.55. The van der Waals surface area contributed by atoms with Crippen LogP contribution in [0.15, 0.2) is 75.9 Å². The van der Waals surface area contributed by atoms with Crippen LogP contribution in [0.5, 0.6) is 0 Å². The molecule has 2 amide bonds. The second-order valence-corrected chi connectivity index (χ2v) is 11.6. The predicted octanol–water partition coefficient (Wildman–Crippen LogP) is 5.63. The van der Waals surface area contributed by atoms with E-state index in [1.54, 1.807) is 38.1 Å². The number of carbonyl (C=O) groups excluding carboxylic acids is 3. The number of fused-ring (bicyclic) bond motifs is 5. The fraction of sp³-hybridized carbons (Fsp3) is 0.182. The van der Waals surface area contributed by atoms with Crippen LogP contribution in [0.2, 0.25) is 0 Å². The number of anilines is 2. The number of hydrogen-bond donors (Lipinski definition) is 0. The first-order chi connectivity index (χ1) is 21.2. The number of benzene rings is 3. The lowest BCUT2D eigenvalue weighted by molar-refractivity contribution is -0.121. The van der Waals surface area contributed by atoms with Crippen LogP contribution >= 0.6 is 11.3 Å². The molecule has 2 aromatic heterocycles. The van der Waals surface area contributed by atoms with E-state index in [1.165, 1.54) is 11.0 Å². The molecule has 0 N–H and O–H groups in total. The number of aromatic nitrogens is 1. The summed E-state index contributed by atoms with van der Waals surface area (Å²) in [6.07, 6.45) is 0. The summed E-state index contributed by atoms with van der Waals surface area (Å²) in [4.78, 5) is 63.9. The van der Waals surface area contributed by atoms with E-state index in [1.807, 2.05) is 31.2 Å². The van der Waals surface area contributed by atoms with Crippen LogP contribution in [0.3, 0.4) is 0 Å². The summed E-state index contributed by atoms with van der Waals surface area (Å²) in [5.41, 5.74) is -0.0121. The maximum absolute atomic E-state index is 15.0. The molecule has 7 rings (SSSR count). The van der Waals surface area contributed by atoms with E-state index in [4.69, 9.17) is 9.15 Å². The SMILES string of the molecule is CCOC(=O)c1sc(N2C(=O)c3oc4ccc(F)cc4c(=O)c3C23C(=O)N(Cc2ccccc2C)c2ccccc23)nc1C. The second kappa shape index (κ2) is 9.95. The highest BCUT2D eigenvalue weighted by molar-refractivity contribution is 7.17. The van der Waals surface area contributed by atoms with E-state index in [9.17, 15) is 18.8 Å². The fourth-order valence-electron chi connectivity index (χ4n) is 6.11. The number of halogens is 1. The summed E-state index contributed by atoms with van der Waals surface area (Å²) < 4.78 is 25.6. The number of thiazole rings is 1. The van der Waals surface area contributed by atoms with Gasteiger partial charge in [-0.05, 0) is 56.2 Å². The van der Waals surface area contributed by atoms with Gasteiger partial charge in [0, 0.05) is 5.56 Å². The molecule has 220 valence electrons. The molecule has 1 spiro atoms. The lowest BCUT2D eigenvalue weighted by Crippen LogP contribution is -2.53. The third kappa shape index (κ3) is 3.72. The van der Waals surface area contributed by atoms with Crippen LogP contribution < -0.4 is 15.2 Å². The van der Waals surface area contributed by atoms with Gasteiger partial charge in [0.15, 0.2) is 16.1 Å². The average molecular weight is 610 g/mol. The highest BCUT2D eigenvalue weighted by atomic mass is 32.1. The van der Waals surface area contributed by atoms with Gasteiger partial charge in [0.1, 0.15) is 16.3 Å². The van der Waals surface area contributed by atoms with Crippen molar-refractivity contribution in [3.63, 3.8) is 0 Å². The molecule has 11 heteroatoms. The Balaban J connectivity index is 1.55. The molecule has 0 aliphatic carbocycles. The van der Waals surface area contributed by atoms with Gasteiger partial charge in [-0.3, -0.25) is 19.3 Å². The smallest absolute Gasteiger partial charge is 0.350 e. The van der Waals surface area contributed by atoms with E-state index in [0.717, 1.165) is 39.5 Å². The molecule has 5 aromatic rings. The molecule has 1 unspecified atom stereocenters. The van der Waals surface area contributed by atoms with Crippen molar-refractivity contribution in [2.24, 2.45) is 0 Å². The topological polar surface area (TPSA) is 110 Å². The van der Waals surface area contributed by atoms with Crippen molar-refractivity contribution >= 4 is 50.9 Å². The normalized spacial score (nSPS) is 17.1. The summed E-state index contributed by atoms with van der Waals surface area (Å²) in [6.45, 7) is 5.49. The molecule has 0 saturated heterocycles. The van der Waals surface area contributed by atoms with Gasteiger partial charge in [-0.25, -0.2) is 14.2 Å². The largest absolute Gasteiger partial charge is 0.462 e. The first-order valence-electron chi connectivity index (χ1n) is 13.9. The molecular formula is C33H24FN3O6S. The Kier molecular flexibility index (Phi) is 6.26. The van der Waals surface area contributed by atoms with Crippen LogP contribution in [-0.4, -0.2) is 29.4 Å². The molecule has 3 aromatic carbocycles. The van der Waals surface area contributed by atoms with Crippen LogP contribution in [0.4, 0.5) is 15.2 Å². The Bertz CT molecular complexity index is 2120. The van der Waals surface area contributed by atoms with Crippen LogP contribution in [0.25, 0.3) is 11.0 Å². The second-order valence-electron chi connectivity index (χ2n) is 10.6. The summed E-state index contributed by atoms with van der Waals surface area (Å²) in [5, 5.41) is -0.0968. The van der Waals surface area contributed by atoms with Crippen LogP contribution in [0, 0.1) is 19.7 Å². The van der Waals surface area contributed by atoms with Crippen molar-refractivity contribution < 1.29 is 27.9 Å². The minimum Gasteiger partial charge on any atom is -0.462 e. The number of carbonyl (C=O) groups is 3. The molecule has 44 heavy (non-hydrogen) atoms. The van der Waals surface area contributed by atoms with Gasteiger partial charge < -0.3 is 14.1 Å². The number of para-hydroxylation sites is 1. The Morgan fingerprint density at radius 2 is 1.80 bits per heavy atom. The lowest BCUT2D eigenvalue weighted by Gasteiger charge is -2.32. The first kappa shape index (κ1) is 27.7. The minimum atomic E-state index is -2.04. The third-order valence-electron chi connectivity index (χ3n) is 8.11. The number of amides is 2. The quantitative estimate of drug-likeness (QED) is 0.238. The summed E-state index contributed by atoms with van der Waals surface area (Å²) in [5.74, 6) is -3.01. The number of esters is 1. The molecule has 2 aliphatic rings. The van der Waals surface area contributed by atoms with Crippen molar-refractivity contribution in [3.05, 3.63) is 121 Å². The van der Waals surface area contributed by atoms with E-state index in [-0.39, 0.29) is 45.5 Å². The number of aryl methyl sites for hydroxylation is 2. The Morgan fingerprint density at radius 3 is 2.57 bits per heavy atom. The van der Waals surface area contributed by atoms with Gasteiger partial charge in [-0.15, -0.1) is 0 Å². The van der Waals surface area contributed by atoms with Gasteiger partial charge in [-0.1, -0.05) is 53.8 Å². The number of nitrogens with zero attached hydrogens (tertiary/aromatic N) is 3. The van der Waals surface area contributed by atoms with Gasteiger partial charge in [0.2, 0.25) is 5.76 Å². The summed E-state index contributed by atoms with van der Waals surface area (Å²) in [7, 11) is 0. The van der Waals surface area contributed by atoms with Crippen LogP contribution in [-0.2, 0) is 21.6 Å². The van der Waals surface area contributed by atoms with Crippen molar-refractivity contribution in [1.82, 2.24) is 4.98 Å². The number of hydrogen-bond acceptors (Lipinski definition) is 8. The molecule has 0 radical (unpaired) electrons. The first-order valence-corrected chi connectivity index (χ1v) is 14.7. The minimum absolute atomic E-state index is 0.00136. The zero-order valence-electron chi connectivity index (χ0n) is 23.8. The standard InChI is InChI=1S/C33H24FN3O6S/c1-4-42-30(40)28-18(3)35-32(44-28)37-29(39)27-25(26(38)21-15-20(34)13-14-24(21)43-27)33(37)22-11-7-8-12-23(22)36(31(33)41)16-19-10-6-5-9-17(19)2/h5-15H,4,16H2,1-3H3. The van der Waals surface area contributed by atoms with Crippen molar-refractivity contribution in [2.45, 2.75) is 32.9 Å². The van der Waals surface area contributed by atoms with Crippen molar-refractivity contribution in [3.8, 4) is 0 Å². The fourth-order valence-corrected chi connectivity index (χ4v) is 7.13. The predicted molar refractivity (Wildman–Crippen MR) is 162 cm³/mol.